The molecule has 0 atom stereocenters. The van der Waals surface area contributed by atoms with Gasteiger partial charge in [0.25, 0.3) is 5.91 Å². The molecular formula is C24H24N4OS. The molecule has 1 amide bonds. The molecule has 4 rings (SSSR count). The van der Waals surface area contributed by atoms with Crippen molar-refractivity contribution < 1.29 is 4.79 Å². The number of fused-ring (bicyclic) bond motifs is 1. The SMILES string of the molecule is Cc1ccc2sc(N(Cc3ccncc3)C(=O)c3ccc(N(C)C)cc3)nc2c1C. The maximum Gasteiger partial charge on any atom is 0.260 e. The highest BCUT2D eigenvalue weighted by atomic mass is 32.1. The number of aryl methyl sites for hydroxylation is 2. The zero-order chi connectivity index (χ0) is 21.3. The van der Waals surface area contributed by atoms with E-state index in [4.69, 9.17) is 4.98 Å². The van der Waals surface area contributed by atoms with Crippen LogP contribution in [0.4, 0.5) is 10.8 Å². The molecule has 0 radical (unpaired) electrons. The second-order valence-corrected chi connectivity index (χ2v) is 8.55. The van der Waals surface area contributed by atoms with Gasteiger partial charge in [-0.2, -0.15) is 0 Å². The van der Waals surface area contributed by atoms with Crippen molar-refractivity contribution in [1.82, 2.24) is 9.97 Å². The number of anilines is 2. The normalized spacial score (nSPS) is 10.9. The van der Waals surface area contributed by atoms with Gasteiger partial charge in [0.05, 0.1) is 16.8 Å². The minimum absolute atomic E-state index is 0.0643. The number of nitrogens with zero attached hydrogens (tertiary/aromatic N) is 4. The molecule has 4 aromatic rings. The number of pyridine rings is 1. The van der Waals surface area contributed by atoms with Gasteiger partial charge in [-0.25, -0.2) is 4.98 Å². The van der Waals surface area contributed by atoms with Crippen LogP contribution >= 0.6 is 11.3 Å². The fraction of sp³-hybridized carbons (Fsp3) is 0.208. The van der Waals surface area contributed by atoms with Crippen molar-refractivity contribution in [3.8, 4) is 0 Å². The molecule has 0 aliphatic rings. The van der Waals surface area contributed by atoms with Crippen molar-refractivity contribution in [3.05, 3.63) is 83.2 Å². The van der Waals surface area contributed by atoms with Crippen LogP contribution in [0.2, 0.25) is 0 Å². The highest BCUT2D eigenvalue weighted by Crippen LogP contribution is 2.33. The first-order chi connectivity index (χ1) is 14.4. The predicted molar refractivity (Wildman–Crippen MR) is 125 cm³/mol. The highest BCUT2D eigenvalue weighted by Gasteiger charge is 2.22. The zero-order valence-electron chi connectivity index (χ0n) is 17.6. The summed E-state index contributed by atoms with van der Waals surface area (Å²) in [5.74, 6) is -0.0643. The summed E-state index contributed by atoms with van der Waals surface area (Å²) >= 11 is 1.55. The largest absolute Gasteiger partial charge is 0.378 e. The Labute approximate surface area is 180 Å². The first-order valence-electron chi connectivity index (χ1n) is 9.79. The lowest BCUT2D eigenvalue weighted by atomic mass is 10.1. The first kappa shape index (κ1) is 20.0. The van der Waals surface area contributed by atoms with Gasteiger partial charge in [-0.1, -0.05) is 17.4 Å². The van der Waals surface area contributed by atoms with Crippen LogP contribution in [0.25, 0.3) is 10.2 Å². The highest BCUT2D eigenvalue weighted by molar-refractivity contribution is 7.22. The van der Waals surface area contributed by atoms with E-state index in [2.05, 4.69) is 31.0 Å². The van der Waals surface area contributed by atoms with E-state index < -0.39 is 0 Å². The van der Waals surface area contributed by atoms with E-state index in [0.717, 1.165) is 27.0 Å². The van der Waals surface area contributed by atoms with E-state index in [9.17, 15) is 4.79 Å². The van der Waals surface area contributed by atoms with Crippen molar-refractivity contribution in [2.75, 3.05) is 23.9 Å². The smallest absolute Gasteiger partial charge is 0.260 e. The third kappa shape index (κ3) is 3.91. The average Bonchev–Trinajstić information content (AvgIpc) is 3.20. The molecule has 5 nitrogen and oxygen atoms in total. The maximum absolute atomic E-state index is 13.5. The van der Waals surface area contributed by atoms with E-state index in [1.807, 2.05) is 55.4 Å². The third-order valence-corrected chi connectivity index (χ3v) is 6.31. The average molecular weight is 417 g/mol. The van der Waals surface area contributed by atoms with Gasteiger partial charge in [-0.3, -0.25) is 14.7 Å². The number of rotatable bonds is 5. The molecule has 0 N–H and O–H groups in total. The van der Waals surface area contributed by atoms with Gasteiger partial charge in [0.1, 0.15) is 0 Å². The van der Waals surface area contributed by atoms with Gasteiger partial charge < -0.3 is 4.90 Å². The van der Waals surface area contributed by atoms with Crippen molar-refractivity contribution >= 4 is 38.3 Å². The Bertz CT molecular complexity index is 1180. The number of carbonyl (C=O) groups excluding carboxylic acids is 1. The maximum atomic E-state index is 13.5. The Balaban J connectivity index is 1.76. The van der Waals surface area contributed by atoms with Crippen LogP contribution < -0.4 is 9.80 Å². The Morgan fingerprint density at radius 2 is 1.67 bits per heavy atom. The number of carbonyl (C=O) groups is 1. The number of aromatic nitrogens is 2. The van der Waals surface area contributed by atoms with Crippen molar-refractivity contribution in [3.63, 3.8) is 0 Å². The second-order valence-electron chi connectivity index (χ2n) is 7.54. The Morgan fingerprint density at radius 3 is 2.33 bits per heavy atom. The van der Waals surface area contributed by atoms with Crippen LogP contribution in [0, 0.1) is 13.8 Å². The molecule has 0 aliphatic heterocycles. The molecule has 2 aromatic carbocycles. The standard InChI is InChI=1S/C24H24N4OS/c1-16-5-10-21-22(17(16)2)26-24(30-21)28(15-18-11-13-25-14-12-18)23(29)19-6-8-20(9-7-19)27(3)4/h5-14H,15H2,1-4H3. The van der Waals surface area contributed by atoms with Crippen molar-refractivity contribution in [1.29, 1.82) is 0 Å². The first-order valence-corrected chi connectivity index (χ1v) is 10.6. The Morgan fingerprint density at radius 1 is 0.967 bits per heavy atom. The van der Waals surface area contributed by atoms with Crippen LogP contribution in [0.3, 0.4) is 0 Å². The molecule has 0 fully saturated rings. The van der Waals surface area contributed by atoms with Gasteiger partial charge >= 0.3 is 0 Å². The molecule has 0 unspecified atom stereocenters. The summed E-state index contributed by atoms with van der Waals surface area (Å²) in [6.07, 6.45) is 3.49. The van der Waals surface area contributed by atoms with Gasteiger partial charge in [0.2, 0.25) is 0 Å². The molecule has 152 valence electrons. The summed E-state index contributed by atoms with van der Waals surface area (Å²) in [6.45, 7) is 4.60. The topological polar surface area (TPSA) is 49.3 Å². The van der Waals surface area contributed by atoms with E-state index in [1.165, 1.54) is 5.56 Å². The van der Waals surface area contributed by atoms with Gasteiger partial charge in [-0.15, -0.1) is 0 Å². The van der Waals surface area contributed by atoms with E-state index in [-0.39, 0.29) is 5.91 Å². The minimum Gasteiger partial charge on any atom is -0.378 e. The molecule has 0 bridgehead atoms. The summed E-state index contributed by atoms with van der Waals surface area (Å²) in [6, 6.07) is 15.7. The van der Waals surface area contributed by atoms with E-state index in [1.54, 1.807) is 28.6 Å². The summed E-state index contributed by atoms with van der Waals surface area (Å²) in [5, 5.41) is 0.706. The molecule has 0 aliphatic carbocycles. The lowest BCUT2D eigenvalue weighted by Crippen LogP contribution is -2.30. The summed E-state index contributed by atoms with van der Waals surface area (Å²) in [7, 11) is 3.97. The lowest BCUT2D eigenvalue weighted by Gasteiger charge is -2.20. The fourth-order valence-electron chi connectivity index (χ4n) is 3.28. The molecule has 2 heterocycles. The molecule has 0 saturated heterocycles. The number of thiazole rings is 1. The third-order valence-electron chi connectivity index (χ3n) is 5.27. The second kappa shape index (κ2) is 8.24. The molecule has 30 heavy (non-hydrogen) atoms. The summed E-state index contributed by atoms with van der Waals surface area (Å²) < 4.78 is 1.09. The number of hydrogen-bond acceptors (Lipinski definition) is 5. The van der Waals surface area contributed by atoms with E-state index in [0.29, 0.717) is 17.2 Å². The van der Waals surface area contributed by atoms with Crippen LogP contribution in [-0.2, 0) is 6.54 Å². The lowest BCUT2D eigenvalue weighted by molar-refractivity contribution is 0.0985. The van der Waals surface area contributed by atoms with Crippen LogP contribution in [0.1, 0.15) is 27.0 Å². The van der Waals surface area contributed by atoms with E-state index >= 15 is 0 Å². The summed E-state index contributed by atoms with van der Waals surface area (Å²) in [5.41, 5.74) is 6.02. The van der Waals surface area contributed by atoms with Crippen LogP contribution in [0.15, 0.2) is 60.9 Å². The minimum atomic E-state index is -0.0643. The molecule has 0 saturated carbocycles. The van der Waals surface area contributed by atoms with Crippen LogP contribution in [-0.4, -0.2) is 30.0 Å². The van der Waals surface area contributed by atoms with Crippen LogP contribution in [0.5, 0.6) is 0 Å². The molecule has 2 aromatic heterocycles. The summed E-state index contributed by atoms with van der Waals surface area (Å²) in [4.78, 5) is 26.3. The molecular weight excluding hydrogens is 392 g/mol. The van der Waals surface area contributed by atoms with Crippen molar-refractivity contribution in [2.45, 2.75) is 20.4 Å². The zero-order valence-corrected chi connectivity index (χ0v) is 18.4. The molecule has 0 spiro atoms. The van der Waals surface area contributed by atoms with Gasteiger partial charge in [-0.05, 0) is 73.0 Å². The number of hydrogen-bond donors (Lipinski definition) is 0. The number of amides is 1. The van der Waals surface area contributed by atoms with Gasteiger partial charge in [0, 0.05) is 37.7 Å². The predicted octanol–water partition coefficient (Wildman–Crippen LogP) is 5.22. The quantitative estimate of drug-likeness (QED) is 0.447. The fourth-order valence-corrected chi connectivity index (χ4v) is 4.31. The number of benzene rings is 2. The monoisotopic (exact) mass is 416 g/mol. The Hall–Kier alpha value is -3.25. The Kier molecular flexibility index (Phi) is 5.50. The van der Waals surface area contributed by atoms with Gasteiger partial charge in [0.15, 0.2) is 5.13 Å². The van der Waals surface area contributed by atoms with Crippen molar-refractivity contribution in [2.24, 2.45) is 0 Å². The molecule has 6 heteroatoms.